The predicted molar refractivity (Wildman–Crippen MR) is 96.0 cm³/mol. The highest BCUT2D eigenvalue weighted by Crippen LogP contribution is 2.36. The maximum Gasteiger partial charge on any atom is 0.336 e. The fraction of sp³-hybridized carbons (Fsp3) is 0.500. The van der Waals surface area contributed by atoms with Gasteiger partial charge >= 0.3 is 11.9 Å². The molecule has 0 aromatic rings. The van der Waals surface area contributed by atoms with Gasteiger partial charge in [0.1, 0.15) is 12.2 Å². The first-order chi connectivity index (χ1) is 12.4. The van der Waals surface area contributed by atoms with Crippen molar-refractivity contribution in [3.63, 3.8) is 0 Å². The molecule has 2 N–H and O–H groups in total. The number of ether oxygens (including phenoxy) is 2. The molecule has 0 saturated carbocycles. The second-order valence-corrected chi connectivity index (χ2v) is 6.74. The number of esters is 2. The van der Waals surface area contributed by atoms with Gasteiger partial charge in [-0.3, -0.25) is 0 Å². The molecule has 0 amide bonds. The molecule has 1 fully saturated rings. The molecule has 2 aliphatic rings. The minimum Gasteiger partial charge on any atom is -0.458 e. The highest BCUT2D eigenvalue weighted by Gasteiger charge is 2.44. The minimum atomic E-state index is -0.719. The first-order valence-electron chi connectivity index (χ1n) is 8.71. The van der Waals surface area contributed by atoms with Gasteiger partial charge in [-0.25, -0.2) is 9.59 Å². The van der Waals surface area contributed by atoms with Crippen LogP contribution in [0.2, 0.25) is 0 Å². The molecule has 1 unspecified atom stereocenters. The molecular formula is C20H26O6. The SMILES string of the molecule is C=C1C(=O)OC2/C=C(\C)CC/C=C(\C)C[C@@H](OC(=O)/C(=C/CO)CO)[C@@H]12. The molecule has 1 aliphatic carbocycles. The minimum absolute atomic E-state index is 0.0228. The molecule has 0 bridgehead atoms. The molecule has 26 heavy (non-hydrogen) atoms. The van der Waals surface area contributed by atoms with Crippen LogP contribution in [0, 0.1) is 5.92 Å². The Kier molecular flexibility index (Phi) is 6.94. The Hall–Kier alpha value is -2.18. The van der Waals surface area contributed by atoms with Gasteiger partial charge in [-0.2, -0.15) is 0 Å². The molecule has 1 heterocycles. The summed E-state index contributed by atoms with van der Waals surface area (Å²) in [7, 11) is 0. The van der Waals surface area contributed by atoms with E-state index in [0.717, 1.165) is 24.0 Å². The van der Waals surface area contributed by atoms with Crippen molar-refractivity contribution >= 4 is 11.9 Å². The fourth-order valence-electron chi connectivity index (χ4n) is 3.27. The lowest BCUT2D eigenvalue weighted by molar-refractivity contribution is -0.147. The Morgan fingerprint density at radius 2 is 2.12 bits per heavy atom. The van der Waals surface area contributed by atoms with E-state index in [9.17, 15) is 14.7 Å². The largest absolute Gasteiger partial charge is 0.458 e. The molecule has 0 radical (unpaired) electrons. The Labute approximate surface area is 153 Å². The summed E-state index contributed by atoms with van der Waals surface area (Å²) >= 11 is 0. The van der Waals surface area contributed by atoms with Crippen LogP contribution in [-0.2, 0) is 19.1 Å². The van der Waals surface area contributed by atoms with Crippen molar-refractivity contribution in [2.45, 2.75) is 45.3 Å². The van der Waals surface area contributed by atoms with E-state index in [4.69, 9.17) is 14.6 Å². The second-order valence-electron chi connectivity index (χ2n) is 6.74. The molecule has 0 aromatic carbocycles. The summed E-state index contributed by atoms with van der Waals surface area (Å²) in [6.45, 7) is 6.85. The van der Waals surface area contributed by atoms with Crippen LogP contribution in [0.4, 0.5) is 0 Å². The van der Waals surface area contributed by atoms with Gasteiger partial charge in [0.2, 0.25) is 0 Å². The monoisotopic (exact) mass is 362 g/mol. The van der Waals surface area contributed by atoms with Gasteiger partial charge in [-0.15, -0.1) is 0 Å². The topological polar surface area (TPSA) is 93.1 Å². The Morgan fingerprint density at radius 3 is 2.77 bits per heavy atom. The average Bonchev–Trinajstić information content (AvgIpc) is 2.85. The van der Waals surface area contributed by atoms with E-state index in [1.165, 1.54) is 6.08 Å². The molecule has 142 valence electrons. The summed E-state index contributed by atoms with van der Waals surface area (Å²) in [4.78, 5) is 24.4. The van der Waals surface area contributed by atoms with Gasteiger partial charge in [0.15, 0.2) is 0 Å². The smallest absolute Gasteiger partial charge is 0.336 e. The van der Waals surface area contributed by atoms with E-state index in [-0.39, 0.29) is 17.8 Å². The molecule has 6 heteroatoms. The molecular weight excluding hydrogens is 336 g/mol. The van der Waals surface area contributed by atoms with E-state index in [1.54, 1.807) is 0 Å². The summed E-state index contributed by atoms with van der Waals surface area (Å²) in [5, 5.41) is 18.3. The number of carbonyl (C=O) groups is 2. The second kappa shape index (κ2) is 8.96. The number of aliphatic hydroxyl groups is 2. The lowest BCUT2D eigenvalue weighted by Crippen LogP contribution is -2.34. The van der Waals surface area contributed by atoms with Gasteiger partial charge in [0.05, 0.1) is 24.7 Å². The zero-order valence-electron chi connectivity index (χ0n) is 15.2. The van der Waals surface area contributed by atoms with E-state index < -0.39 is 36.7 Å². The summed E-state index contributed by atoms with van der Waals surface area (Å²) in [5.74, 6) is -1.70. The number of hydrogen-bond donors (Lipinski definition) is 2. The van der Waals surface area contributed by atoms with Crippen LogP contribution in [0.25, 0.3) is 0 Å². The third kappa shape index (κ3) is 4.71. The normalized spacial score (nSPS) is 31.2. The Balaban J connectivity index is 2.36. The van der Waals surface area contributed by atoms with Crippen molar-refractivity contribution in [3.05, 3.63) is 47.1 Å². The Morgan fingerprint density at radius 1 is 1.38 bits per heavy atom. The number of rotatable bonds is 4. The van der Waals surface area contributed by atoms with Crippen molar-refractivity contribution in [2.75, 3.05) is 13.2 Å². The number of hydrogen-bond acceptors (Lipinski definition) is 6. The maximum atomic E-state index is 12.4. The molecule has 3 atom stereocenters. The van der Waals surface area contributed by atoms with E-state index in [2.05, 4.69) is 12.7 Å². The van der Waals surface area contributed by atoms with E-state index >= 15 is 0 Å². The standard InChI is InChI=1S/C20H26O6/c1-12-5-4-6-13(2)10-17(26-20(24)15(11-22)7-8-21)18-14(3)19(23)25-16(18)9-12/h6-7,9,16-18,21-22H,3-5,8,10-11H2,1-2H3/b12-9+,13-6+,15-7+/t16?,17-,18+/m1/s1. The number of aliphatic hydroxyl groups excluding tert-OH is 2. The summed E-state index contributed by atoms with van der Waals surface area (Å²) in [5.41, 5.74) is 2.39. The summed E-state index contributed by atoms with van der Waals surface area (Å²) < 4.78 is 11.1. The summed E-state index contributed by atoms with van der Waals surface area (Å²) in [6, 6.07) is 0. The van der Waals surface area contributed by atoms with Crippen molar-refractivity contribution in [2.24, 2.45) is 5.92 Å². The van der Waals surface area contributed by atoms with Crippen molar-refractivity contribution in [1.82, 2.24) is 0 Å². The molecule has 2 rings (SSSR count). The van der Waals surface area contributed by atoms with Crippen LogP contribution >= 0.6 is 0 Å². The van der Waals surface area contributed by atoms with Crippen LogP contribution in [0.15, 0.2) is 47.1 Å². The first kappa shape index (κ1) is 20.1. The maximum absolute atomic E-state index is 12.4. The average molecular weight is 362 g/mol. The fourth-order valence-corrected chi connectivity index (χ4v) is 3.27. The highest BCUT2D eigenvalue weighted by molar-refractivity contribution is 5.92. The third-order valence-electron chi connectivity index (χ3n) is 4.69. The van der Waals surface area contributed by atoms with Gasteiger partial charge in [0, 0.05) is 12.0 Å². The highest BCUT2D eigenvalue weighted by atomic mass is 16.6. The van der Waals surface area contributed by atoms with Gasteiger partial charge in [-0.1, -0.05) is 23.8 Å². The first-order valence-corrected chi connectivity index (χ1v) is 8.71. The van der Waals surface area contributed by atoms with Crippen LogP contribution in [-0.4, -0.2) is 47.6 Å². The molecule has 0 spiro atoms. The molecule has 6 nitrogen and oxygen atoms in total. The number of carbonyl (C=O) groups excluding carboxylic acids is 2. The van der Waals surface area contributed by atoms with Crippen LogP contribution in [0.1, 0.15) is 33.1 Å². The van der Waals surface area contributed by atoms with Crippen LogP contribution < -0.4 is 0 Å². The van der Waals surface area contributed by atoms with E-state index in [1.807, 2.05) is 19.9 Å². The zero-order chi connectivity index (χ0) is 19.3. The third-order valence-corrected chi connectivity index (χ3v) is 4.69. The zero-order valence-corrected chi connectivity index (χ0v) is 15.2. The Bertz CT molecular complexity index is 670. The van der Waals surface area contributed by atoms with E-state index in [0.29, 0.717) is 6.42 Å². The lowest BCUT2D eigenvalue weighted by atomic mass is 9.85. The lowest BCUT2D eigenvalue weighted by Gasteiger charge is -2.27. The number of fused-ring (bicyclic) bond motifs is 1. The predicted octanol–water partition coefficient (Wildman–Crippen LogP) is 1.98. The molecule has 0 aromatic heterocycles. The molecule has 1 aliphatic heterocycles. The van der Waals surface area contributed by atoms with Gasteiger partial charge in [-0.05, 0) is 38.8 Å². The van der Waals surface area contributed by atoms with Gasteiger partial charge in [0.25, 0.3) is 0 Å². The van der Waals surface area contributed by atoms with Crippen LogP contribution in [0.5, 0.6) is 0 Å². The quantitative estimate of drug-likeness (QED) is 0.451. The van der Waals surface area contributed by atoms with Gasteiger partial charge < -0.3 is 19.7 Å². The van der Waals surface area contributed by atoms with Crippen molar-refractivity contribution in [1.29, 1.82) is 0 Å². The summed E-state index contributed by atoms with van der Waals surface area (Å²) in [6.07, 6.45) is 6.17. The van der Waals surface area contributed by atoms with Crippen molar-refractivity contribution < 1.29 is 29.3 Å². The van der Waals surface area contributed by atoms with Crippen LogP contribution in [0.3, 0.4) is 0 Å². The molecule has 1 saturated heterocycles. The number of allylic oxidation sites excluding steroid dienone is 2. The van der Waals surface area contributed by atoms with Crippen molar-refractivity contribution in [3.8, 4) is 0 Å².